The normalized spacial score (nSPS) is 11.4. The molecule has 0 aliphatic carbocycles. The molecule has 5 heteroatoms. The fourth-order valence-electron chi connectivity index (χ4n) is 0.986. The van der Waals surface area contributed by atoms with Crippen molar-refractivity contribution in [2.75, 3.05) is 0 Å². The second-order valence-electron chi connectivity index (χ2n) is 3.01. The first kappa shape index (κ1) is 15.4. The fraction of sp³-hybridized carbons (Fsp3) is 0.300. The first-order valence-corrected chi connectivity index (χ1v) is 4.54. The van der Waals surface area contributed by atoms with Crippen LogP contribution in [0.15, 0.2) is 18.2 Å². The van der Waals surface area contributed by atoms with Gasteiger partial charge < -0.3 is 9.84 Å². The molecule has 3 nitrogen and oxygen atoms in total. The summed E-state index contributed by atoms with van der Waals surface area (Å²) in [5.74, 6) is -0.441. The minimum atomic E-state index is -0.987. The molecule has 0 heterocycles. The van der Waals surface area contributed by atoms with Gasteiger partial charge in [0.15, 0.2) is 6.10 Å². The van der Waals surface area contributed by atoms with Gasteiger partial charge in [-0.25, -0.2) is 4.79 Å². The third-order valence-corrected chi connectivity index (χ3v) is 2.02. The summed E-state index contributed by atoms with van der Waals surface area (Å²) in [7, 11) is 0. The molecule has 0 spiro atoms. The third kappa shape index (κ3) is 4.85. The maximum absolute atomic E-state index is 10.5. The molecule has 0 radical (unpaired) electrons. The molecule has 1 rings (SSSR count). The Balaban J connectivity index is 0.00000196. The van der Waals surface area contributed by atoms with Gasteiger partial charge in [0.25, 0.3) is 0 Å². The summed E-state index contributed by atoms with van der Waals surface area (Å²) in [5.41, 5.74) is 0.825. The Labute approximate surface area is 136 Å². The fourth-order valence-corrected chi connectivity index (χ4v) is 1.21. The number of rotatable bonds is 3. The van der Waals surface area contributed by atoms with Gasteiger partial charge in [-0.3, -0.25) is 0 Å². The zero-order valence-corrected chi connectivity index (χ0v) is 8.71. The summed E-state index contributed by atoms with van der Waals surface area (Å²) in [5, 5.41) is 9.25. The van der Waals surface area contributed by atoms with Crippen LogP contribution in [0, 0.1) is 6.92 Å². The van der Waals surface area contributed by atoms with E-state index in [9.17, 15) is 4.79 Å². The zero-order valence-electron chi connectivity index (χ0n) is 7.95. The van der Waals surface area contributed by atoms with Crippen molar-refractivity contribution in [2.24, 2.45) is 0 Å². The monoisotopic (exact) mass is 254 g/mol. The Morgan fingerprint density at radius 1 is 1.53 bits per heavy atom. The van der Waals surface area contributed by atoms with Crippen LogP contribution >= 0.6 is 11.6 Å². The molecular formula is C10H12ClKO3. The van der Waals surface area contributed by atoms with Crippen LogP contribution in [0.25, 0.3) is 0 Å². The number of benzene rings is 1. The molecule has 0 aliphatic heterocycles. The molecule has 0 bridgehead atoms. The Hall–Kier alpha value is 0.416. The van der Waals surface area contributed by atoms with Crippen LogP contribution in [0.1, 0.15) is 12.5 Å². The van der Waals surface area contributed by atoms with E-state index in [1.807, 2.05) is 6.92 Å². The van der Waals surface area contributed by atoms with Crippen LogP contribution in [0.4, 0.5) is 0 Å². The molecule has 78 valence electrons. The molecule has 1 aromatic rings. The summed E-state index contributed by atoms with van der Waals surface area (Å²) in [6.45, 7) is 3.30. The number of carboxylic acids is 1. The first-order chi connectivity index (χ1) is 6.50. The van der Waals surface area contributed by atoms with Crippen molar-refractivity contribution >= 4 is 69.0 Å². The van der Waals surface area contributed by atoms with Crippen LogP contribution in [0.5, 0.6) is 5.75 Å². The third-order valence-electron chi connectivity index (χ3n) is 1.79. The molecular weight excluding hydrogens is 243 g/mol. The average Bonchev–Trinajstić information content (AvgIpc) is 2.09. The maximum atomic E-state index is 10.5. The van der Waals surface area contributed by atoms with E-state index < -0.39 is 12.1 Å². The van der Waals surface area contributed by atoms with Gasteiger partial charge in [0, 0.05) is 5.02 Å². The number of hydrogen-bond donors (Lipinski definition) is 1. The molecule has 15 heavy (non-hydrogen) atoms. The number of carboxylic acid groups (broad SMARTS) is 1. The Bertz CT molecular complexity index is 355. The summed E-state index contributed by atoms with van der Waals surface area (Å²) in [6, 6.07) is 5.06. The number of aryl methyl sites for hydroxylation is 1. The Morgan fingerprint density at radius 2 is 2.13 bits per heavy atom. The first-order valence-electron chi connectivity index (χ1n) is 4.16. The van der Waals surface area contributed by atoms with E-state index >= 15 is 0 Å². The number of halogens is 1. The Kier molecular flexibility index (Phi) is 7.07. The summed E-state index contributed by atoms with van der Waals surface area (Å²) in [4.78, 5) is 10.5. The van der Waals surface area contributed by atoms with E-state index in [1.54, 1.807) is 18.2 Å². The van der Waals surface area contributed by atoms with Gasteiger partial charge in [0.05, 0.1) is 0 Å². The topological polar surface area (TPSA) is 46.5 Å². The second-order valence-corrected chi connectivity index (χ2v) is 3.44. The average molecular weight is 255 g/mol. The van der Waals surface area contributed by atoms with Gasteiger partial charge >= 0.3 is 57.4 Å². The van der Waals surface area contributed by atoms with E-state index in [4.69, 9.17) is 21.4 Å². The van der Waals surface area contributed by atoms with E-state index in [0.29, 0.717) is 10.8 Å². The van der Waals surface area contributed by atoms with Crippen molar-refractivity contribution in [3.05, 3.63) is 28.8 Å². The van der Waals surface area contributed by atoms with Crippen molar-refractivity contribution < 1.29 is 14.6 Å². The van der Waals surface area contributed by atoms with Gasteiger partial charge in [-0.1, -0.05) is 11.6 Å². The molecule has 1 atom stereocenters. The zero-order chi connectivity index (χ0) is 10.7. The van der Waals surface area contributed by atoms with Crippen LogP contribution in [0.3, 0.4) is 0 Å². The molecule has 0 amide bonds. The minimum absolute atomic E-state index is 0. The number of carbonyl (C=O) groups is 1. The quantitative estimate of drug-likeness (QED) is 0.838. The molecule has 0 aliphatic rings. The summed E-state index contributed by atoms with van der Waals surface area (Å²) in [6.07, 6.45) is -0.852. The van der Waals surface area contributed by atoms with E-state index in [0.717, 1.165) is 5.56 Å². The van der Waals surface area contributed by atoms with E-state index in [-0.39, 0.29) is 51.4 Å². The van der Waals surface area contributed by atoms with E-state index in [1.165, 1.54) is 6.92 Å². The second kappa shape index (κ2) is 6.88. The molecule has 1 N–H and O–H groups in total. The van der Waals surface area contributed by atoms with Crippen LogP contribution in [-0.2, 0) is 4.79 Å². The van der Waals surface area contributed by atoms with Gasteiger partial charge in [-0.15, -0.1) is 0 Å². The van der Waals surface area contributed by atoms with Gasteiger partial charge in [-0.2, -0.15) is 0 Å². The van der Waals surface area contributed by atoms with Crippen molar-refractivity contribution in [2.45, 2.75) is 20.0 Å². The van der Waals surface area contributed by atoms with Crippen molar-refractivity contribution in [1.29, 1.82) is 0 Å². The number of aliphatic carboxylic acids is 1. The van der Waals surface area contributed by atoms with Crippen LogP contribution < -0.4 is 4.74 Å². The van der Waals surface area contributed by atoms with Crippen molar-refractivity contribution in [1.82, 2.24) is 0 Å². The van der Waals surface area contributed by atoms with Gasteiger partial charge in [-0.05, 0) is 37.6 Å². The van der Waals surface area contributed by atoms with Crippen LogP contribution in [-0.4, -0.2) is 68.6 Å². The molecule has 1 unspecified atom stereocenters. The predicted molar refractivity (Wildman–Crippen MR) is 61.1 cm³/mol. The van der Waals surface area contributed by atoms with Gasteiger partial charge in [0.2, 0.25) is 0 Å². The SMILES string of the molecule is Cc1cc(Cl)ccc1OC(C)C(=O)O.[KH]. The standard InChI is InChI=1S/C10H11ClO3.K.H/c1-6-5-8(11)3-4-9(6)14-7(2)10(12)13;;/h3-5,7H,1-2H3,(H,12,13);;. The summed E-state index contributed by atoms with van der Waals surface area (Å²) >= 11 is 5.74. The predicted octanol–water partition coefficient (Wildman–Crippen LogP) is 1.85. The molecule has 1 aromatic carbocycles. The molecule has 0 aromatic heterocycles. The van der Waals surface area contributed by atoms with E-state index in [2.05, 4.69) is 0 Å². The number of hydrogen-bond acceptors (Lipinski definition) is 2. The number of ether oxygens (including phenoxy) is 1. The molecule has 0 fully saturated rings. The molecule has 0 saturated carbocycles. The van der Waals surface area contributed by atoms with Crippen LogP contribution in [0.2, 0.25) is 5.02 Å². The van der Waals surface area contributed by atoms with Gasteiger partial charge in [0.1, 0.15) is 5.75 Å². The summed E-state index contributed by atoms with van der Waals surface area (Å²) < 4.78 is 5.20. The van der Waals surface area contributed by atoms with Crippen molar-refractivity contribution in [3.8, 4) is 5.75 Å². The molecule has 0 saturated heterocycles. The Morgan fingerprint density at radius 3 is 2.60 bits per heavy atom. The van der Waals surface area contributed by atoms with Crippen molar-refractivity contribution in [3.63, 3.8) is 0 Å².